The fourth-order valence-electron chi connectivity index (χ4n) is 1.13. The first-order valence-electron chi connectivity index (χ1n) is 5.15. The van der Waals surface area contributed by atoms with Crippen LogP contribution in [0.25, 0.3) is 0 Å². The topological polar surface area (TPSA) is 72.6 Å². The van der Waals surface area contributed by atoms with E-state index < -0.39 is 0 Å². The molecule has 0 aliphatic carbocycles. The van der Waals surface area contributed by atoms with Gasteiger partial charge < -0.3 is 5.32 Å². The second-order valence-electron chi connectivity index (χ2n) is 3.41. The number of allylic oxidation sites excluding steroid dienone is 1. The molecule has 1 aromatic heterocycles. The van der Waals surface area contributed by atoms with Crippen LogP contribution in [0.4, 0.5) is 0 Å². The molecule has 16 heavy (non-hydrogen) atoms. The maximum Gasteiger partial charge on any atom is 0.118 e. The SMILES string of the molecule is CCNC(=N)/C=C\C(=N)c1ccc(C)cn1. The van der Waals surface area contributed by atoms with E-state index in [1.54, 1.807) is 24.4 Å². The first kappa shape index (κ1) is 12.1. The van der Waals surface area contributed by atoms with Gasteiger partial charge in [0.25, 0.3) is 0 Å². The molecule has 0 atom stereocenters. The minimum Gasteiger partial charge on any atom is -0.371 e. The molecule has 0 aliphatic heterocycles. The Morgan fingerprint density at radius 2 is 2.12 bits per heavy atom. The zero-order valence-corrected chi connectivity index (χ0v) is 9.54. The predicted molar refractivity (Wildman–Crippen MR) is 66.3 cm³/mol. The van der Waals surface area contributed by atoms with Crippen LogP contribution < -0.4 is 5.32 Å². The molecule has 0 saturated carbocycles. The molecule has 0 aromatic carbocycles. The Hall–Kier alpha value is -1.97. The lowest BCUT2D eigenvalue weighted by Crippen LogP contribution is -2.19. The molecular formula is C12H16N4. The van der Waals surface area contributed by atoms with Gasteiger partial charge in [0.15, 0.2) is 0 Å². The summed E-state index contributed by atoms with van der Waals surface area (Å²) < 4.78 is 0. The third-order valence-electron chi connectivity index (χ3n) is 1.97. The number of likely N-dealkylation sites (N-methyl/N-ethyl adjacent to an activating group) is 1. The standard InChI is InChI=1S/C12H16N4/c1-3-15-12(14)7-5-10(13)11-6-4-9(2)8-16-11/h4-8,13H,3H2,1-2H3,(H2,14,15)/b7-5-,13-10?. The lowest BCUT2D eigenvalue weighted by atomic mass is 10.2. The van der Waals surface area contributed by atoms with E-state index in [1.165, 1.54) is 0 Å². The highest BCUT2D eigenvalue weighted by Gasteiger charge is 1.98. The number of hydrogen-bond acceptors (Lipinski definition) is 3. The summed E-state index contributed by atoms with van der Waals surface area (Å²) in [7, 11) is 0. The van der Waals surface area contributed by atoms with Crippen LogP contribution in [0.1, 0.15) is 18.2 Å². The first-order valence-corrected chi connectivity index (χ1v) is 5.15. The Labute approximate surface area is 95.4 Å². The van der Waals surface area contributed by atoms with E-state index in [0.29, 0.717) is 23.8 Å². The largest absolute Gasteiger partial charge is 0.371 e. The van der Waals surface area contributed by atoms with Crippen molar-refractivity contribution in [3.8, 4) is 0 Å². The molecule has 0 radical (unpaired) electrons. The van der Waals surface area contributed by atoms with Gasteiger partial charge in [0.2, 0.25) is 0 Å². The highest BCUT2D eigenvalue weighted by Crippen LogP contribution is 2.00. The molecule has 1 rings (SSSR count). The lowest BCUT2D eigenvalue weighted by molar-refractivity contribution is 0.963. The summed E-state index contributed by atoms with van der Waals surface area (Å²) in [6, 6.07) is 3.72. The van der Waals surface area contributed by atoms with Crippen molar-refractivity contribution >= 4 is 11.5 Å². The maximum absolute atomic E-state index is 7.75. The molecule has 0 amide bonds. The summed E-state index contributed by atoms with van der Waals surface area (Å²) >= 11 is 0. The van der Waals surface area contributed by atoms with Gasteiger partial charge in [-0.2, -0.15) is 0 Å². The van der Waals surface area contributed by atoms with Crippen molar-refractivity contribution in [3.05, 3.63) is 41.7 Å². The predicted octanol–water partition coefficient (Wildman–Crippen LogP) is 1.90. The van der Waals surface area contributed by atoms with Crippen molar-refractivity contribution in [2.75, 3.05) is 6.54 Å². The molecule has 0 saturated heterocycles. The van der Waals surface area contributed by atoms with Gasteiger partial charge in [-0.3, -0.25) is 15.8 Å². The zero-order chi connectivity index (χ0) is 12.0. The summed E-state index contributed by atoms with van der Waals surface area (Å²) in [6.45, 7) is 4.59. The van der Waals surface area contributed by atoms with Crippen LogP contribution >= 0.6 is 0 Å². The summed E-state index contributed by atoms with van der Waals surface area (Å²) in [4.78, 5) is 4.14. The van der Waals surface area contributed by atoms with Crippen LogP contribution in [0.15, 0.2) is 30.5 Å². The van der Waals surface area contributed by atoms with E-state index in [0.717, 1.165) is 5.56 Å². The maximum atomic E-state index is 7.75. The summed E-state index contributed by atoms with van der Waals surface area (Å²) in [5, 5.41) is 18.1. The Kier molecular flexibility index (Phi) is 4.39. The molecule has 84 valence electrons. The normalized spacial score (nSPS) is 10.4. The minimum atomic E-state index is 0.305. The minimum absolute atomic E-state index is 0.305. The van der Waals surface area contributed by atoms with E-state index in [-0.39, 0.29) is 0 Å². The van der Waals surface area contributed by atoms with Crippen LogP contribution in [0.3, 0.4) is 0 Å². The molecule has 1 heterocycles. The van der Waals surface area contributed by atoms with Crippen molar-refractivity contribution in [2.45, 2.75) is 13.8 Å². The van der Waals surface area contributed by atoms with E-state index in [4.69, 9.17) is 10.8 Å². The van der Waals surface area contributed by atoms with Gasteiger partial charge in [0.05, 0.1) is 11.4 Å². The molecule has 3 N–H and O–H groups in total. The average Bonchev–Trinajstić information content (AvgIpc) is 2.27. The Balaban J connectivity index is 2.65. The number of nitrogens with one attached hydrogen (secondary N) is 3. The average molecular weight is 216 g/mol. The van der Waals surface area contributed by atoms with Gasteiger partial charge in [-0.25, -0.2) is 0 Å². The molecule has 4 nitrogen and oxygen atoms in total. The van der Waals surface area contributed by atoms with E-state index in [9.17, 15) is 0 Å². The molecule has 4 heteroatoms. The van der Waals surface area contributed by atoms with Gasteiger partial charge in [-0.05, 0) is 37.6 Å². The Bertz CT molecular complexity index is 404. The number of rotatable bonds is 4. The summed E-state index contributed by atoms with van der Waals surface area (Å²) in [5.74, 6) is 0.305. The van der Waals surface area contributed by atoms with Crippen molar-refractivity contribution in [1.29, 1.82) is 10.8 Å². The lowest BCUT2D eigenvalue weighted by Gasteiger charge is -2.00. The van der Waals surface area contributed by atoms with Crippen LogP contribution in [-0.2, 0) is 0 Å². The molecule has 0 spiro atoms. The Morgan fingerprint density at radius 1 is 1.38 bits per heavy atom. The number of aryl methyl sites for hydroxylation is 1. The van der Waals surface area contributed by atoms with Gasteiger partial charge in [-0.15, -0.1) is 0 Å². The fourth-order valence-corrected chi connectivity index (χ4v) is 1.13. The van der Waals surface area contributed by atoms with Crippen LogP contribution in [0.5, 0.6) is 0 Å². The zero-order valence-electron chi connectivity index (χ0n) is 9.54. The molecule has 0 bridgehead atoms. The van der Waals surface area contributed by atoms with Crippen LogP contribution in [-0.4, -0.2) is 23.1 Å². The third-order valence-corrected chi connectivity index (χ3v) is 1.97. The quantitative estimate of drug-likeness (QED) is 0.531. The Morgan fingerprint density at radius 3 is 2.69 bits per heavy atom. The van der Waals surface area contributed by atoms with Gasteiger partial charge >= 0.3 is 0 Å². The number of amidine groups is 1. The van der Waals surface area contributed by atoms with Gasteiger partial charge in [0, 0.05) is 12.7 Å². The molecule has 0 fully saturated rings. The van der Waals surface area contributed by atoms with E-state index in [2.05, 4.69) is 10.3 Å². The smallest absolute Gasteiger partial charge is 0.118 e. The molecule has 0 aliphatic rings. The van der Waals surface area contributed by atoms with E-state index >= 15 is 0 Å². The molecule has 1 aromatic rings. The van der Waals surface area contributed by atoms with Crippen molar-refractivity contribution in [3.63, 3.8) is 0 Å². The second-order valence-corrected chi connectivity index (χ2v) is 3.41. The summed E-state index contributed by atoms with van der Waals surface area (Å²) in [5.41, 5.74) is 2.00. The van der Waals surface area contributed by atoms with Crippen molar-refractivity contribution in [1.82, 2.24) is 10.3 Å². The van der Waals surface area contributed by atoms with Crippen LogP contribution in [0.2, 0.25) is 0 Å². The first-order chi connectivity index (χ1) is 7.63. The van der Waals surface area contributed by atoms with E-state index in [1.807, 2.05) is 19.9 Å². The number of hydrogen-bond donors (Lipinski definition) is 3. The van der Waals surface area contributed by atoms with Crippen molar-refractivity contribution < 1.29 is 0 Å². The fraction of sp³-hybridized carbons (Fsp3) is 0.250. The van der Waals surface area contributed by atoms with Crippen molar-refractivity contribution in [2.24, 2.45) is 0 Å². The number of pyridine rings is 1. The van der Waals surface area contributed by atoms with Gasteiger partial charge in [-0.1, -0.05) is 6.07 Å². The highest BCUT2D eigenvalue weighted by molar-refractivity contribution is 6.08. The van der Waals surface area contributed by atoms with Crippen LogP contribution in [0, 0.1) is 17.7 Å². The number of aromatic nitrogens is 1. The monoisotopic (exact) mass is 216 g/mol. The summed E-state index contributed by atoms with van der Waals surface area (Å²) in [6.07, 6.45) is 4.86. The third kappa shape index (κ3) is 3.65. The highest BCUT2D eigenvalue weighted by atomic mass is 14.9. The van der Waals surface area contributed by atoms with Gasteiger partial charge in [0.1, 0.15) is 5.84 Å². The molecule has 0 unspecified atom stereocenters. The second kappa shape index (κ2) is 5.80. The molecular weight excluding hydrogens is 200 g/mol. The number of nitrogens with zero attached hydrogens (tertiary/aromatic N) is 1.